The van der Waals surface area contributed by atoms with Crippen LogP contribution in [0.4, 0.5) is 4.79 Å². The maximum Gasteiger partial charge on any atom is 0.317 e. The molecule has 0 aliphatic carbocycles. The lowest BCUT2D eigenvalue weighted by Gasteiger charge is -2.32. The molecule has 0 radical (unpaired) electrons. The van der Waals surface area contributed by atoms with Gasteiger partial charge in [-0.25, -0.2) is 4.79 Å². The average molecular weight is 346 g/mol. The third-order valence-electron chi connectivity index (χ3n) is 4.49. The predicted molar refractivity (Wildman–Crippen MR) is 95.5 cm³/mol. The first kappa shape index (κ1) is 16.8. The van der Waals surface area contributed by atoms with Crippen LogP contribution in [-0.4, -0.2) is 41.6 Å². The Balaban J connectivity index is 1.57. The first-order valence-electron chi connectivity index (χ1n) is 8.33. The van der Waals surface area contributed by atoms with Crippen molar-refractivity contribution in [2.45, 2.75) is 25.7 Å². The summed E-state index contributed by atoms with van der Waals surface area (Å²) in [5, 5.41) is 14.9. The van der Waals surface area contributed by atoms with E-state index in [1.54, 1.807) is 11.3 Å². The molecular formula is C18H22N2O3S. The molecule has 1 fully saturated rings. The number of carboxylic acids is 1. The van der Waals surface area contributed by atoms with Crippen LogP contribution in [0.15, 0.2) is 29.6 Å². The first-order valence-corrected chi connectivity index (χ1v) is 9.21. The summed E-state index contributed by atoms with van der Waals surface area (Å²) in [5.74, 6) is -0.432. The highest BCUT2D eigenvalue weighted by molar-refractivity contribution is 7.17. The number of urea groups is 1. The Morgan fingerprint density at radius 3 is 3.00 bits per heavy atom. The largest absolute Gasteiger partial charge is 0.481 e. The fourth-order valence-electron chi connectivity index (χ4n) is 3.31. The summed E-state index contributed by atoms with van der Waals surface area (Å²) in [7, 11) is 0. The average Bonchev–Trinajstić information content (AvgIpc) is 2.98. The summed E-state index contributed by atoms with van der Waals surface area (Å²) in [6.07, 6.45) is 3.08. The third kappa shape index (κ3) is 4.06. The molecule has 24 heavy (non-hydrogen) atoms. The molecule has 1 unspecified atom stereocenters. The highest BCUT2D eigenvalue weighted by Crippen LogP contribution is 2.30. The molecule has 1 aliphatic rings. The molecule has 1 aliphatic heterocycles. The summed E-state index contributed by atoms with van der Waals surface area (Å²) in [6, 6.07) is 8.30. The Kier molecular flexibility index (Phi) is 5.35. The quantitative estimate of drug-likeness (QED) is 0.872. The van der Waals surface area contributed by atoms with E-state index in [0.717, 1.165) is 32.4 Å². The minimum atomic E-state index is -0.892. The lowest BCUT2D eigenvalue weighted by atomic mass is 9.91. The minimum absolute atomic E-state index is 0.0378. The summed E-state index contributed by atoms with van der Waals surface area (Å²) in [6.45, 7) is 1.67. The minimum Gasteiger partial charge on any atom is -0.481 e. The monoisotopic (exact) mass is 346 g/mol. The van der Waals surface area contributed by atoms with Crippen LogP contribution >= 0.6 is 11.3 Å². The van der Waals surface area contributed by atoms with E-state index in [1.807, 2.05) is 4.90 Å². The zero-order valence-corrected chi connectivity index (χ0v) is 14.3. The molecule has 0 saturated carbocycles. The van der Waals surface area contributed by atoms with Gasteiger partial charge in [-0.2, -0.15) is 0 Å². The second-order valence-electron chi connectivity index (χ2n) is 6.29. The van der Waals surface area contributed by atoms with Gasteiger partial charge in [0.15, 0.2) is 0 Å². The van der Waals surface area contributed by atoms with Gasteiger partial charge < -0.3 is 15.3 Å². The van der Waals surface area contributed by atoms with Gasteiger partial charge in [-0.3, -0.25) is 4.79 Å². The Labute approximate surface area is 145 Å². The van der Waals surface area contributed by atoms with E-state index < -0.39 is 5.97 Å². The number of carboxylic acid groups (broad SMARTS) is 1. The number of nitrogens with one attached hydrogen (secondary N) is 1. The summed E-state index contributed by atoms with van der Waals surface area (Å²) in [5.41, 5.74) is 1.37. The van der Waals surface area contributed by atoms with Gasteiger partial charge in [0.25, 0.3) is 0 Å². The van der Waals surface area contributed by atoms with Gasteiger partial charge in [0, 0.05) is 24.3 Å². The number of aliphatic carboxylic acids is 1. The van der Waals surface area contributed by atoms with Crippen LogP contribution in [0.25, 0.3) is 10.1 Å². The summed E-state index contributed by atoms with van der Waals surface area (Å²) >= 11 is 1.77. The Hall–Kier alpha value is -2.08. The molecule has 0 spiro atoms. The second kappa shape index (κ2) is 7.66. The van der Waals surface area contributed by atoms with Crippen molar-refractivity contribution in [2.24, 2.45) is 5.92 Å². The van der Waals surface area contributed by atoms with E-state index in [0.29, 0.717) is 5.92 Å². The van der Waals surface area contributed by atoms with Crippen molar-refractivity contribution in [3.05, 3.63) is 35.2 Å². The number of benzene rings is 1. The fraction of sp³-hybridized carbons (Fsp3) is 0.444. The third-order valence-corrected chi connectivity index (χ3v) is 5.50. The van der Waals surface area contributed by atoms with Crippen molar-refractivity contribution in [3.63, 3.8) is 0 Å². The molecule has 1 saturated heterocycles. The van der Waals surface area contributed by atoms with E-state index in [1.165, 1.54) is 15.6 Å². The summed E-state index contributed by atoms with van der Waals surface area (Å²) in [4.78, 5) is 24.5. The Morgan fingerprint density at radius 1 is 1.33 bits per heavy atom. The van der Waals surface area contributed by atoms with E-state index in [9.17, 15) is 9.59 Å². The first-order chi connectivity index (χ1) is 11.6. The van der Waals surface area contributed by atoms with Gasteiger partial charge in [0.05, 0.1) is 6.42 Å². The maximum atomic E-state index is 12.2. The van der Waals surface area contributed by atoms with Crippen LogP contribution in [0.3, 0.4) is 0 Å². The van der Waals surface area contributed by atoms with E-state index in [-0.39, 0.29) is 19.0 Å². The number of hydrogen-bond acceptors (Lipinski definition) is 3. The van der Waals surface area contributed by atoms with Crippen LogP contribution in [0.5, 0.6) is 0 Å². The van der Waals surface area contributed by atoms with Gasteiger partial charge in [-0.05, 0) is 47.6 Å². The van der Waals surface area contributed by atoms with Gasteiger partial charge in [-0.1, -0.05) is 18.2 Å². The van der Waals surface area contributed by atoms with Crippen molar-refractivity contribution in [3.8, 4) is 0 Å². The molecule has 5 nitrogen and oxygen atoms in total. The smallest absolute Gasteiger partial charge is 0.317 e. The van der Waals surface area contributed by atoms with Crippen LogP contribution in [0.2, 0.25) is 0 Å². The molecule has 3 rings (SSSR count). The van der Waals surface area contributed by atoms with Crippen LogP contribution in [-0.2, 0) is 11.2 Å². The number of carbonyl (C=O) groups is 2. The van der Waals surface area contributed by atoms with Gasteiger partial charge in [-0.15, -0.1) is 11.3 Å². The Morgan fingerprint density at radius 2 is 2.17 bits per heavy atom. The number of piperidine rings is 1. The number of thiophene rings is 1. The molecule has 2 amide bonds. The fourth-order valence-corrected chi connectivity index (χ4v) is 4.28. The van der Waals surface area contributed by atoms with Gasteiger partial charge in [0.1, 0.15) is 0 Å². The second-order valence-corrected chi connectivity index (χ2v) is 7.20. The molecule has 6 heteroatoms. The zero-order chi connectivity index (χ0) is 16.9. The number of amides is 2. The van der Waals surface area contributed by atoms with Crippen molar-refractivity contribution < 1.29 is 14.7 Å². The number of hydrogen-bond donors (Lipinski definition) is 2. The number of likely N-dealkylation sites (tertiary alicyclic amines) is 1. The normalized spacial score (nSPS) is 17.8. The number of carbonyl (C=O) groups excluding carboxylic acids is 1. The van der Waals surface area contributed by atoms with Gasteiger partial charge in [0.2, 0.25) is 0 Å². The highest BCUT2D eigenvalue weighted by Gasteiger charge is 2.24. The van der Waals surface area contributed by atoms with Crippen molar-refractivity contribution in [1.29, 1.82) is 0 Å². The molecule has 0 bridgehead atoms. The van der Waals surface area contributed by atoms with Crippen LogP contribution < -0.4 is 5.32 Å². The predicted octanol–water partition coefficient (Wildman–Crippen LogP) is 3.34. The van der Waals surface area contributed by atoms with Crippen molar-refractivity contribution >= 4 is 33.4 Å². The number of rotatable bonds is 5. The van der Waals surface area contributed by atoms with Gasteiger partial charge >= 0.3 is 12.0 Å². The molecule has 128 valence electrons. The molecule has 2 heterocycles. The van der Waals surface area contributed by atoms with Crippen LogP contribution in [0.1, 0.15) is 24.8 Å². The lowest BCUT2D eigenvalue weighted by molar-refractivity contribution is -0.136. The van der Waals surface area contributed by atoms with E-state index >= 15 is 0 Å². The SMILES string of the molecule is O=C(O)CCNC(=O)N1CCCC(Cc2csc3ccccc23)C1. The lowest BCUT2D eigenvalue weighted by Crippen LogP contribution is -2.46. The van der Waals surface area contributed by atoms with E-state index in [2.05, 4.69) is 35.0 Å². The number of nitrogens with zero attached hydrogens (tertiary/aromatic N) is 1. The molecule has 2 N–H and O–H groups in total. The molecule has 2 aromatic rings. The Bertz CT molecular complexity index is 728. The molecule has 1 atom stereocenters. The number of fused-ring (bicyclic) bond motifs is 1. The summed E-state index contributed by atoms with van der Waals surface area (Å²) < 4.78 is 1.31. The highest BCUT2D eigenvalue weighted by atomic mass is 32.1. The van der Waals surface area contributed by atoms with Crippen molar-refractivity contribution in [1.82, 2.24) is 10.2 Å². The van der Waals surface area contributed by atoms with E-state index in [4.69, 9.17) is 5.11 Å². The topological polar surface area (TPSA) is 69.6 Å². The zero-order valence-electron chi connectivity index (χ0n) is 13.5. The standard InChI is InChI=1S/C18H22N2O3S/c21-17(22)7-8-19-18(23)20-9-3-4-13(11-20)10-14-12-24-16-6-2-1-5-15(14)16/h1-2,5-6,12-13H,3-4,7-11H2,(H,19,23)(H,21,22). The molecule has 1 aromatic heterocycles. The maximum absolute atomic E-state index is 12.2. The van der Waals surface area contributed by atoms with Crippen LogP contribution in [0, 0.1) is 5.92 Å². The molecule has 1 aromatic carbocycles. The van der Waals surface area contributed by atoms with Crippen molar-refractivity contribution in [2.75, 3.05) is 19.6 Å². The molecular weight excluding hydrogens is 324 g/mol.